The minimum absolute atomic E-state index is 0.0789. The van der Waals surface area contributed by atoms with Crippen molar-refractivity contribution < 1.29 is 18.3 Å². The van der Waals surface area contributed by atoms with Crippen LogP contribution in [0.15, 0.2) is 41.4 Å². The van der Waals surface area contributed by atoms with Crippen molar-refractivity contribution in [2.45, 2.75) is 18.7 Å². The Hall–Kier alpha value is -2.41. The third-order valence-corrected chi connectivity index (χ3v) is 4.37. The maximum Gasteiger partial charge on any atom is 0.335 e. The summed E-state index contributed by atoms with van der Waals surface area (Å²) in [4.78, 5) is 14.9. The van der Waals surface area contributed by atoms with Gasteiger partial charge >= 0.3 is 5.97 Å². The average molecular weight is 306 g/mol. The molecule has 0 aliphatic rings. The maximum atomic E-state index is 12.3. The Morgan fingerprint density at radius 2 is 1.90 bits per heavy atom. The van der Waals surface area contributed by atoms with E-state index in [4.69, 9.17) is 5.11 Å². The van der Waals surface area contributed by atoms with Crippen LogP contribution in [0.25, 0.3) is 0 Å². The number of aryl methyl sites for hydroxylation is 2. The minimum atomic E-state index is -3.89. The van der Waals surface area contributed by atoms with E-state index in [-0.39, 0.29) is 16.3 Å². The fraction of sp³-hybridized carbons (Fsp3) is 0.143. The number of carbonyl (C=O) groups is 1. The molecule has 0 radical (unpaired) electrons. The predicted molar refractivity (Wildman–Crippen MR) is 77.9 cm³/mol. The van der Waals surface area contributed by atoms with Crippen LogP contribution in [0.3, 0.4) is 0 Å². The zero-order chi connectivity index (χ0) is 15.6. The summed E-state index contributed by atoms with van der Waals surface area (Å²) in [6, 6.07) is 7.23. The highest BCUT2D eigenvalue weighted by atomic mass is 32.2. The van der Waals surface area contributed by atoms with E-state index in [0.29, 0.717) is 5.56 Å². The summed E-state index contributed by atoms with van der Waals surface area (Å²) in [7, 11) is -3.89. The Labute approximate surface area is 122 Å². The lowest BCUT2D eigenvalue weighted by Gasteiger charge is -2.10. The molecule has 0 amide bonds. The maximum absolute atomic E-state index is 12.3. The van der Waals surface area contributed by atoms with E-state index >= 15 is 0 Å². The highest BCUT2D eigenvalue weighted by Gasteiger charge is 2.19. The molecule has 0 saturated carbocycles. The van der Waals surface area contributed by atoms with Gasteiger partial charge in [-0.05, 0) is 43.2 Å². The van der Waals surface area contributed by atoms with Crippen LogP contribution in [-0.4, -0.2) is 24.5 Å². The zero-order valence-electron chi connectivity index (χ0n) is 11.5. The summed E-state index contributed by atoms with van der Waals surface area (Å²) in [5, 5.41) is 8.96. The molecule has 0 unspecified atom stereocenters. The van der Waals surface area contributed by atoms with Gasteiger partial charge in [0, 0.05) is 6.20 Å². The van der Waals surface area contributed by atoms with Crippen molar-refractivity contribution in [3.05, 3.63) is 53.2 Å². The fourth-order valence-electron chi connectivity index (χ4n) is 1.74. The lowest BCUT2D eigenvalue weighted by molar-refractivity contribution is 0.0696. The van der Waals surface area contributed by atoms with E-state index in [0.717, 1.165) is 11.6 Å². The molecule has 2 rings (SSSR count). The molecular formula is C14H14N2O4S. The molecule has 2 aromatic rings. The molecule has 0 bridgehead atoms. The first-order valence-corrected chi connectivity index (χ1v) is 7.57. The van der Waals surface area contributed by atoms with Crippen LogP contribution in [0.2, 0.25) is 0 Å². The Bertz CT molecular complexity index is 783. The normalized spacial score (nSPS) is 11.1. The van der Waals surface area contributed by atoms with Gasteiger partial charge in [-0.15, -0.1) is 0 Å². The fourth-order valence-corrected chi connectivity index (χ4v) is 3.02. The average Bonchev–Trinajstić information content (AvgIpc) is 2.41. The van der Waals surface area contributed by atoms with Crippen molar-refractivity contribution >= 4 is 21.8 Å². The number of hydrogen-bond donors (Lipinski definition) is 2. The first-order valence-electron chi connectivity index (χ1n) is 6.09. The van der Waals surface area contributed by atoms with Crippen LogP contribution in [0.5, 0.6) is 0 Å². The molecule has 21 heavy (non-hydrogen) atoms. The molecule has 1 heterocycles. The second-order valence-corrected chi connectivity index (χ2v) is 6.26. The Balaban J connectivity index is 2.41. The monoisotopic (exact) mass is 306 g/mol. The third kappa shape index (κ3) is 3.38. The summed E-state index contributed by atoms with van der Waals surface area (Å²) in [6.07, 6.45) is 1.54. The largest absolute Gasteiger partial charge is 0.478 e. The lowest BCUT2D eigenvalue weighted by atomic mass is 10.1. The van der Waals surface area contributed by atoms with Gasteiger partial charge in [-0.2, -0.15) is 0 Å². The van der Waals surface area contributed by atoms with E-state index in [1.807, 2.05) is 6.92 Å². The molecular weight excluding hydrogens is 292 g/mol. The number of sulfonamides is 1. The van der Waals surface area contributed by atoms with Gasteiger partial charge in [0.05, 0.1) is 10.5 Å². The van der Waals surface area contributed by atoms with Crippen LogP contribution in [0, 0.1) is 13.8 Å². The first-order chi connectivity index (χ1) is 9.79. The summed E-state index contributed by atoms with van der Waals surface area (Å²) in [5.41, 5.74) is 1.28. The molecule has 0 aliphatic heterocycles. The van der Waals surface area contributed by atoms with Crippen LogP contribution < -0.4 is 4.72 Å². The summed E-state index contributed by atoms with van der Waals surface area (Å²) >= 11 is 0. The second kappa shape index (κ2) is 5.53. The molecule has 1 aromatic heterocycles. The Morgan fingerprint density at radius 1 is 1.19 bits per heavy atom. The van der Waals surface area contributed by atoms with Gasteiger partial charge in [-0.25, -0.2) is 18.2 Å². The minimum Gasteiger partial charge on any atom is -0.478 e. The molecule has 7 heteroatoms. The van der Waals surface area contributed by atoms with Gasteiger partial charge in [-0.3, -0.25) is 4.72 Å². The molecule has 110 valence electrons. The van der Waals surface area contributed by atoms with Gasteiger partial charge in [0.2, 0.25) is 0 Å². The highest BCUT2D eigenvalue weighted by Crippen LogP contribution is 2.20. The third-order valence-electron chi connectivity index (χ3n) is 2.87. The number of carboxylic acids is 1. The van der Waals surface area contributed by atoms with Crippen molar-refractivity contribution in [1.82, 2.24) is 4.98 Å². The number of aromatic carboxylic acids is 1. The number of nitrogens with one attached hydrogen (secondary N) is 1. The predicted octanol–water partition coefficient (Wildman–Crippen LogP) is 2.20. The molecule has 1 aromatic carbocycles. The number of hydrogen-bond acceptors (Lipinski definition) is 4. The SMILES string of the molecule is Cc1ccc(NS(=O)(=O)c2cc(C(=O)O)ccc2C)nc1. The van der Waals surface area contributed by atoms with Crippen LogP contribution in [-0.2, 0) is 10.0 Å². The second-order valence-electron chi connectivity index (χ2n) is 4.61. The van der Waals surface area contributed by atoms with Gasteiger partial charge < -0.3 is 5.11 Å². The molecule has 0 atom stereocenters. The molecule has 2 N–H and O–H groups in total. The van der Waals surface area contributed by atoms with Crippen molar-refractivity contribution in [2.75, 3.05) is 4.72 Å². The highest BCUT2D eigenvalue weighted by molar-refractivity contribution is 7.92. The standard InChI is InChI=1S/C14H14N2O4S/c1-9-3-6-13(15-8-9)16-21(19,20)12-7-11(14(17)18)5-4-10(12)2/h3-8H,1-2H3,(H,15,16)(H,17,18). The van der Waals surface area contributed by atoms with Crippen molar-refractivity contribution in [2.24, 2.45) is 0 Å². The van der Waals surface area contributed by atoms with Gasteiger partial charge in [0.15, 0.2) is 0 Å². The Morgan fingerprint density at radius 3 is 2.48 bits per heavy atom. The molecule has 6 nitrogen and oxygen atoms in total. The number of aromatic nitrogens is 1. The summed E-state index contributed by atoms with van der Waals surface area (Å²) in [6.45, 7) is 3.44. The van der Waals surface area contributed by atoms with Crippen molar-refractivity contribution in [1.29, 1.82) is 0 Å². The number of pyridine rings is 1. The van der Waals surface area contributed by atoms with Crippen LogP contribution in [0.4, 0.5) is 5.82 Å². The molecule has 0 fully saturated rings. The van der Waals surface area contributed by atoms with E-state index < -0.39 is 16.0 Å². The Kier molecular flexibility index (Phi) is 3.95. The molecule has 0 saturated heterocycles. The first kappa shape index (κ1) is 15.0. The van der Waals surface area contributed by atoms with Gasteiger partial charge in [0.25, 0.3) is 10.0 Å². The topological polar surface area (TPSA) is 96.4 Å². The van der Waals surface area contributed by atoms with Crippen molar-refractivity contribution in [3.8, 4) is 0 Å². The van der Waals surface area contributed by atoms with E-state index in [9.17, 15) is 13.2 Å². The van der Waals surface area contributed by atoms with Gasteiger partial charge in [0.1, 0.15) is 5.82 Å². The van der Waals surface area contributed by atoms with Gasteiger partial charge in [-0.1, -0.05) is 12.1 Å². The lowest BCUT2D eigenvalue weighted by Crippen LogP contribution is -2.16. The summed E-state index contributed by atoms with van der Waals surface area (Å²) < 4.78 is 27.0. The number of benzene rings is 1. The molecule has 0 spiro atoms. The quantitative estimate of drug-likeness (QED) is 0.902. The van der Waals surface area contributed by atoms with E-state index in [1.54, 1.807) is 25.3 Å². The van der Waals surface area contributed by atoms with E-state index in [1.165, 1.54) is 12.1 Å². The number of carboxylic acid groups (broad SMARTS) is 1. The van der Waals surface area contributed by atoms with Crippen molar-refractivity contribution in [3.63, 3.8) is 0 Å². The molecule has 0 aliphatic carbocycles. The van der Waals surface area contributed by atoms with Crippen LogP contribution >= 0.6 is 0 Å². The van der Waals surface area contributed by atoms with Crippen LogP contribution in [0.1, 0.15) is 21.5 Å². The summed E-state index contributed by atoms with van der Waals surface area (Å²) in [5.74, 6) is -0.999. The number of anilines is 1. The number of rotatable bonds is 4. The number of nitrogens with zero attached hydrogens (tertiary/aromatic N) is 1. The smallest absolute Gasteiger partial charge is 0.335 e. The van der Waals surface area contributed by atoms with E-state index in [2.05, 4.69) is 9.71 Å². The zero-order valence-corrected chi connectivity index (χ0v) is 12.3.